The molecule has 0 bridgehead atoms. The molecule has 1 aliphatic rings. The van der Waals surface area contributed by atoms with Crippen LogP contribution in [0.25, 0.3) is 0 Å². The molecule has 0 aromatic carbocycles. The van der Waals surface area contributed by atoms with Crippen molar-refractivity contribution in [3.8, 4) is 0 Å². The van der Waals surface area contributed by atoms with Crippen molar-refractivity contribution in [1.82, 2.24) is 0 Å². The van der Waals surface area contributed by atoms with Crippen LogP contribution in [0.15, 0.2) is 12.2 Å². The fourth-order valence-electron chi connectivity index (χ4n) is 1.59. The lowest BCUT2D eigenvalue weighted by Gasteiger charge is -2.04. The summed E-state index contributed by atoms with van der Waals surface area (Å²) in [5.74, 6) is 0.937. The predicted octanol–water partition coefficient (Wildman–Crippen LogP) is 4.56. The maximum atomic E-state index is 2.40. The highest BCUT2D eigenvalue weighted by atomic mass is 14.1. The molecule has 1 atom stereocenters. The van der Waals surface area contributed by atoms with Crippen molar-refractivity contribution in [1.29, 1.82) is 0 Å². The van der Waals surface area contributed by atoms with E-state index in [1.807, 2.05) is 13.8 Å². The van der Waals surface area contributed by atoms with E-state index in [1.165, 1.54) is 38.5 Å². The van der Waals surface area contributed by atoms with Crippen molar-refractivity contribution >= 4 is 0 Å². The summed E-state index contributed by atoms with van der Waals surface area (Å²) in [6, 6.07) is 0. The largest absolute Gasteiger partial charge is 0.0882 e. The first-order valence-electron chi connectivity index (χ1n) is 5.60. The highest BCUT2D eigenvalue weighted by molar-refractivity contribution is 4.95. The lowest BCUT2D eigenvalue weighted by atomic mass is 10.0. The van der Waals surface area contributed by atoms with Crippen LogP contribution in [-0.2, 0) is 0 Å². The third-order valence-electron chi connectivity index (χ3n) is 2.29. The van der Waals surface area contributed by atoms with Gasteiger partial charge in [0.05, 0.1) is 0 Å². The number of hydrogen-bond acceptors (Lipinski definition) is 0. The van der Waals surface area contributed by atoms with E-state index in [0.29, 0.717) is 0 Å². The van der Waals surface area contributed by atoms with Crippen molar-refractivity contribution in [2.24, 2.45) is 5.92 Å². The molecule has 0 saturated carbocycles. The van der Waals surface area contributed by atoms with E-state index in [2.05, 4.69) is 19.1 Å². The van der Waals surface area contributed by atoms with Gasteiger partial charge in [0.25, 0.3) is 0 Å². The molecule has 0 amide bonds. The standard InChI is InChI=1S/C10H18.C2H6/c1-2-3-4-7-10-8-5-6-9-10;1-2/h5,8,10H,2-4,6-7,9H2,1H3;1-2H3/t10-;/m1./s1. The zero-order chi connectivity index (χ0) is 9.23. The Morgan fingerprint density at radius 3 is 2.50 bits per heavy atom. The molecule has 1 rings (SSSR count). The summed E-state index contributed by atoms with van der Waals surface area (Å²) in [5, 5.41) is 0. The summed E-state index contributed by atoms with van der Waals surface area (Å²) in [5.41, 5.74) is 0. The summed E-state index contributed by atoms with van der Waals surface area (Å²) in [7, 11) is 0. The zero-order valence-corrected chi connectivity index (χ0v) is 8.97. The van der Waals surface area contributed by atoms with Crippen LogP contribution in [-0.4, -0.2) is 0 Å². The van der Waals surface area contributed by atoms with Crippen LogP contribution in [0.1, 0.15) is 59.3 Å². The van der Waals surface area contributed by atoms with Gasteiger partial charge in [-0.2, -0.15) is 0 Å². The molecule has 0 unspecified atom stereocenters. The molecular formula is C12H24. The number of unbranched alkanes of at least 4 members (excludes halogenated alkanes) is 2. The molecular weight excluding hydrogens is 144 g/mol. The molecule has 0 nitrogen and oxygen atoms in total. The summed E-state index contributed by atoms with van der Waals surface area (Å²) < 4.78 is 0. The van der Waals surface area contributed by atoms with Crippen molar-refractivity contribution in [3.05, 3.63) is 12.2 Å². The van der Waals surface area contributed by atoms with E-state index >= 15 is 0 Å². The van der Waals surface area contributed by atoms with Gasteiger partial charge in [0.15, 0.2) is 0 Å². The first-order valence-corrected chi connectivity index (χ1v) is 5.60. The summed E-state index contributed by atoms with van der Waals surface area (Å²) in [6.45, 7) is 6.27. The minimum absolute atomic E-state index is 0.937. The van der Waals surface area contributed by atoms with E-state index in [0.717, 1.165) is 5.92 Å². The van der Waals surface area contributed by atoms with E-state index in [4.69, 9.17) is 0 Å². The van der Waals surface area contributed by atoms with E-state index in [-0.39, 0.29) is 0 Å². The molecule has 0 heterocycles. The van der Waals surface area contributed by atoms with E-state index in [1.54, 1.807) is 0 Å². The van der Waals surface area contributed by atoms with Crippen LogP contribution in [0.3, 0.4) is 0 Å². The van der Waals surface area contributed by atoms with Crippen LogP contribution in [0.5, 0.6) is 0 Å². The zero-order valence-electron chi connectivity index (χ0n) is 8.97. The second-order valence-electron chi connectivity index (χ2n) is 3.26. The van der Waals surface area contributed by atoms with Gasteiger partial charge < -0.3 is 0 Å². The molecule has 0 aromatic rings. The average Bonchev–Trinajstić information content (AvgIpc) is 2.61. The second kappa shape index (κ2) is 8.83. The monoisotopic (exact) mass is 168 g/mol. The number of rotatable bonds is 4. The van der Waals surface area contributed by atoms with Crippen LogP contribution < -0.4 is 0 Å². The van der Waals surface area contributed by atoms with Gasteiger partial charge >= 0.3 is 0 Å². The van der Waals surface area contributed by atoms with Gasteiger partial charge in [-0.05, 0) is 25.2 Å². The van der Waals surface area contributed by atoms with Crippen molar-refractivity contribution in [3.63, 3.8) is 0 Å². The molecule has 0 saturated heterocycles. The molecule has 0 fully saturated rings. The van der Waals surface area contributed by atoms with E-state index in [9.17, 15) is 0 Å². The minimum Gasteiger partial charge on any atom is -0.0882 e. The average molecular weight is 168 g/mol. The number of allylic oxidation sites excluding steroid dienone is 2. The van der Waals surface area contributed by atoms with Gasteiger partial charge in [0, 0.05) is 0 Å². The Bertz CT molecular complexity index is 103. The molecule has 0 spiro atoms. The topological polar surface area (TPSA) is 0 Å². The lowest BCUT2D eigenvalue weighted by molar-refractivity contribution is 0.532. The van der Waals surface area contributed by atoms with Crippen LogP contribution in [0.2, 0.25) is 0 Å². The van der Waals surface area contributed by atoms with E-state index < -0.39 is 0 Å². The first-order chi connectivity index (χ1) is 5.93. The summed E-state index contributed by atoms with van der Waals surface area (Å²) >= 11 is 0. The third-order valence-corrected chi connectivity index (χ3v) is 2.29. The van der Waals surface area contributed by atoms with Crippen LogP contribution >= 0.6 is 0 Å². The molecule has 12 heavy (non-hydrogen) atoms. The first kappa shape index (κ1) is 11.7. The molecule has 0 N–H and O–H groups in total. The van der Waals surface area contributed by atoms with Gasteiger partial charge in [-0.25, -0.2) is 0 Å². The van der Waals surface area contributed by atoms with Crippen molar-refractivity contribution in [2.75, 3.05) is 0 Å². The number of hydrogen-bond donors (Lipinski definition) is 0. The molecule has 72 valence electrons. The maximum Gasteiger partial charge on any atom is -0.0231 e. The Hall–Kier alpha value is -0.260. The summed E-state index contributed by atoms with van der Waals surface area (Å²) in [4.78, 5) is 0. The molecule has 1 aliphatic carbocycles. The van der Waals surface area contributed by atoms with Gasteiger partial charge in [-0.1, -0.05) is 52.2 Å². The predicted molar refractivity (Wildman–Crippen MR) is 57.4 cm³/mol. The Balaban J connectivity index is 0.000000561. The lowest BCUT2D eigenvalue weighted by Crippen LogP contribution is -1.90. The molecule has 0 aromatic heterocycles. The molecule has 0 radical (unpaired) electrons. The Morgan fingerprint density at radius 2 is 2.00 bits per heavy atom. The van der Waals surface area contributed by atoms with Crippen LogP contribution in [0.4, 0.5) is 0 Å². The fraction of sp³-hybridized carbons (Fsp3) is 0.833. The highest BCUT2D eigenvalue weighted by Crippen LogP contribution is 2.22. The van der Waals surface area contributed by atoms with Crippen molar-refractivity contribution in [2.45, 2.75) is 59.3 Å². The van der Waals surface area contributed by atoms with Gasteiger partial charge in [0.1, 0.15) is 0 Å². The van der Waals surface area contributed by atoms with Crippen molar-refractivity contribution < 1.29 is 0 Å². The minimum atomic E-state index is 0.937. The Labute approximate surface area is 78.1 Å². The smallest absolute Gasteiger partial charge is 0.0231 e. The van der Waals surface area contributed by atoms with Gasteiger partial charge in [0.2, 0.25) is 0 Å². The highest BCUT2D eigenvalue weighted by Gasteiger charge is 2.07. The second-order valence-corrected chi connectivity index (χ2v) is 3.26. The Kier molecular flexibility index (Phi) is 8.64. The van der Waals surface area contributed by atoms with Crippen LogP contribution in [0, 0.1) is 5.92 Å². The fourth-order valence-corrected chi connectivity index (χ4v) is 1.59. The van der Waals surface area contributed by atoms with Gasteiger partial charge in [-0.15, -0.1) is 0 Å². The maximum absolute atomic E-state index is 2.40. The molecule has 0 aliphatic heterocycles. The quantitative estimate of drug-likeness (QED) is 0.426. The Morgan fingerprint density at radius 1 is 1.25 bits per heavy atom. The SMILES string of the molecule is CC.CCCCC[C@@H]1C=CCC1. The van der Waals surface area contributed by atoms with Gasteiger partial charge in [-0.3, -0.25) is 0 Å². The summed E-state index contributed by atoms with van der Waals surface area (Å²) in [6.07, 6.45) is 13.1. The normalized spacial score (nSPS) is 20.4. The molecule has 0 heteroatoms. The third kappa shape index (κ3) is 5.40.